The van der Waals surface area contributed by atoms with Gasteiger partial charge in [0.2, 0.25) is 0 Å². The van der Waals surface area contributed by atoms with E-state index in [1.54, 1.807) is 6.21 Å². The van der Waals surface area contributed by atoms with Crippen molar-refractivity contribution in [3.8, 4) is 5.69 Å². The van der Waals surface area contributed by atoms with Crippen molar-refractivity contribution in [3.63, 3.8) is 0 Å². The van der Waals surface area contributed by atoms with E-state index < -0.39 is 10.8 Å². The first kappa shape index (κ1) is 21.0. The van der Waals surface area contributed by atoms with Gasteiger partial charge in [0, 0.05) is 40.2 Å². The Kier molecular flexibility index (Phi) is 5.36. The molecule has 2 aromatic heterocycles. The van der Waals surface area contributed by atoms with E-state index in [4.69, 9.17) is 4.42 Å². The Morgan fingerprint density at radius 3 is 2.62 bits per heavy atom. The molecule has 0 fully saturated rings. The Hall–Kier alpha value is -4.20. The number of nitrogens with zero attached hydrogens (tertiary/aromatic N) is 3. The molecule has 2 aromatic carbocycles. The molecule has 4 rings (SSSR count). The Balaban J connectivity index is 1.54. The fourth-order valence-corrected chi connectivity index (χ4v) is 3.72. The van der Waals surface area contributed by atoms with Crippen LogP contribution in [0.4, 0.5) is 5.69 Å². The topological polar surface area (TPSA) is 103 Å². The van der Waals surface area contributed by atoms with Crippen LogP contribution >= 0.6 is 0 Å². The van der Waals surface area contributed by atoms with Crippen molar-refractivity contribution in [2.24, 2.45) is 5.10 Å². The van der Waals surface area contributed by atoms with Gasteiger partial charge in [-0.2, -0.15) is 5.10 Å². The van der Waals surface area contributed by atoms with Crippen LogP contribution in [0.5, 0.6) is 0 Å². The number of hydrogen-bond acceptors (Lipinski definition) is 5. The van der Waals surface area contributed by atoms with Crippen LogP contribution in [0.1, 0.15) is 38.6 Å². The summed E-state index contributed by atoms with van der Waals surface area (Å²) in [6.45, 7) is 8.16. The first-order valence-electron chi connectivity index (χ1n) is 10.0. The molecule has 0 atom stereocenters. The van der Waals surface area contributed by atoms with Gasteiger partial charge in [0.1, 0.15) is 5.58 Å². The maximum atomic E-state index is 12.4. The smallest absolute Gasteiger partial charge is 0.307 e. The molecule has 8 heteroatoms. The summed E-state index contributed by atoms with van der Waals surface area (Å²) >= 11 is 0. The number of rotatable bonds is 5. The third kappa shape index (κ3) is 3.90. The predicted molar refractivity (Wildman–Crippen MR) is 123 cm³/mol. The van der Waals surface area contributed by atoms with Gasteiger partial charge in [0.25, 0.3) is 5.69 Å². The lowest BCUT2D eigenvalue weighted by atomic mass is 10.1. The molecule has 1 amide bonds. The minimum absolute atomic E-state index is 0.0264. The molecule has 0 spiro atoms. The van der Waals surface area contributed by atoms with Crippen LogP contribution in [0.2, 0.25) is 0 Å². The second kappa shape index (κ2) is 8.14. The summed E-state index contributed by atoms with van der Waals surface area (Å²) in [6, 6.07) is 13.9. The third-order valence-electron chi connectivity index (χ3n) is 5.38. The molecule has 0 aliphatic heterocycles. The summed E-state index contributed by atoms with van der Waals surface area (Å²) in [6.07, 6.45) is 1.59. The van der Waals surface area contributed by atoms with Gasteiger partial charge in [-0.3, -0.25) is 14.9 Å². The molecule has 1 N–H and O–H groups in total. The van der Waals surface area contributed by atoms with E-state index in [2.05, 4.69) is 47.1 Å². The van der Waals surface area contributed by atoms with Gasteiger partial charge in [-0.1, -0.05) is 12.1 Å². The van der Waals surface area contributed by atoms with Crippen LogP contribution in [-0.4, -0.2) is 21.6 Å². The number of amides is 1. The summed E-state index contributed by atoms with van der Waals surface area (Å²) < 4.78 is 7.65. The van der Waals surface area contributed by atoms with Crippen LogP contribution in [0.25, 0.3) is 16.7 Å². The highest BCUT2D eigenvalue weighted by Gasteiger charge is 2.15. The number of benzene rings is 2. The molecule has 0 bridgehead atoms. The number of non-ortho nitro benzene ring substituents is 1. The van der Waals surface area contributed by atoms with Gasteiger partial charge in [-0.15, -0.1) is 0 Å². The minimum Gasteiger partial charge on any atom is -0.451 e. The van der Waals surface area contributed by atoms with Crippen LogP contribution in [0, 0.1) is 37.8 Å². The van der Waals surface area contributed by atoms with Crippen LogP contribution in [0.15, 0.2) is 58.0 Å². The third-order valence-corrected chi connectivity index (χ3v) is 5.38. The maximum absolute atomic E-state index is 12.4. The zero-order valence-electron chi connectivity index (χ0n) is 18.2. The molecule has 0 unspecified atom stereocenters. The van der Waals surface area contributed by atoms with E-state index in [-0.39, 0.29) is 11.4 Å². The molecule has 0 radical (unpaired) electrons. The Labute approximate surface area is 184 Å². The van der Waals surface area contributed by atoms with Crippen molar-refractivity contribution in [1.29, 1.82) is 0 Å². The lowest BCUT2D eigenvalue weighted by molar-refractivity contribution is -0.384. The Morgan fingerprint density at radius 1 is 1.09 bits per heavy atom. The molecule has 4 aromatic rings. The largest absolute Gasteiger partial charge is 0.451 e. The van der Waals surface area contributed by atoms with E-state index in [0.717, 1.165) is 22.6 Å². The molecule has 32 heavy (non-hydrogen) atoms. The van der Waals surface area contributed by atoms with Crippen molar-refractivity contribution in [3.05, 3.63) is 92.5 Å². The second-order valence-corrected chi connectivity index (χ2v) is 7.74. The number of nitrogens with one attached hydrogen (secondary N) is 1. The molecule has 8 nitrogen and oxygen atoms in total. The van der Waals surface area contributed by atoms with E-state index in [1.165, 1.54) is 35.4 Å². The minimum atomic E-state index is -0.538. The van der Waals surface area contributed by atoms with E-state index >= 15 is 0 Å². The molecule has 0 saturated carbocycles. The number of carbonyl (C=O) groups is 1. The number of fused-ring (bicyclic) bond motifs is 1. The molecule has 0 saturated heterocycles. The van der Waals surface area contributed by atoms with Gasteiger partial charge in [0.05, 0.1) is 11.1 Å². The van der Waals surface area contributed by atoms with Gasteiger partial charge < -0.3 is 8.98 Å². The lowest BCUT2D eigenvalue weighted by Crippen LogP contribution is -2.16. The standard InChI is InChI=1S/C24H22N4O4/c1-14-5-6-15(2)21(9-14)27-16(3)10-19(17(27)4)13-25-26-24(29)23-12-18-11-20(28(30)31)7-8-22(18)32-23/h5-13H,1-4H3,(H,26,29)/b25-13+. The SMILES string of the molecule is Cc1ccc(C)c(-n2c(C)cc(/C=N/NC(=O)c3cc4cc([N+](=O)[O-])ccc4o3)c2C)c1. The molecule has 0 aliphatic carbocycles. The van der Waals surface area contributed by atoms with Crippen LogP contribution in [0.3, 0.4) is 0 Å². The monoisotopic (exact) mass is 430 g/mol. The van der Waals surface area contributed by atoms with E-state index in [9.17, 15) is 14.9 Å². The second-order valence-electron chi connectivity index (χ2n) is 7.74. The number of hydrazone groups is 1. The number of hydrogen-bond donors (Lipinski definition) is 1. The summed E-state index contributed by atoms with van der Waals surface area (Å²) in [5.74, 6) is -0.512. The molecular weight excluding hydrogens is 408 g/mol. The number of furan rings is 1. The van der Waals surface area contributed by atoms with Gasteiger partial charge in [-0.25, -0.2) is 5.43 Å². The fraction of sp³-hybridized carbons (Fsp3) is 0.167. The lowest BCUT2D eigenvalue weighted by Gasteiger charge is -2.13. The Bertz CT molecular complexity index is 1390. The van der Waals surface area contributed by atoms with Gasteiger partial charge in [0.15, 0.2) is 5.76 Å². The zero-order chi connectivity index (χ0) is 23.0. The summed E-state index contributed by atoms with van der Waals surface area (Å²) in [7, 11) is 0. The normalized spacial score (nSPS) is 11.4. The van der Waals surface area contributed by atoms with Gasteiger partial charge in [-0.05, 0) is 63.1 Å². The first-order chi connectivity index (χ1) is 15.2. The number of aromatic nitrogens is 1. The quantitative estimate of drug-likeness (QED) is 0.269. The molecule has 162 valence electrons. The fourth-order valence-electron chi connectivity index (χ4n) is 3.72. The maximum Gasteiger partial charge on any atom is 0.307 e. The van der Waals surface area contributed by atoms with Crippen molar-refractivity contribution in [2.45, 2.75) is 27.7 Å². The van der Waals surface area contributed by atoms with Crippen LogP contribution < -0.4 is 5.43 Å². The van der Waals surface area contributed by atoms with Crippen molar-refractivity contribution in [1.82, 2.24) is 9.99 Å². The predicted octanol–water partition coefficient (Wildman–Crippen LogP) is 5.13. The van der Waals surface area contributed by atoms with Gasteiger partial charge >= 0.3 is 5.91 Å². The number of nitro groups is 1. The zero-order valence-corrected chi connectivity index (χ0v) is 18.2. The molecular formula is C24H22N4O4. The molecule has 0 aliphatic rings. The number of aryl methyl sites for hydroxylation is 3. The average molecular weight is 430 g/mol. The average Bonchev–Trinajstić information content (AvgIpc) is 3.30. The van der Waals surface area contributed by atoms with Crippen molar-refractivity contribution < 1.29 is 14.1 Å². The number of nitro benzene ring substituents is 1. The van der Waals surface area contributed by atoms with E-state index in [1.807, 2.05) is 19.9 Å². The summed E-state index contributed by atoms with van der Waals surface area (Å²) in [5.41, 5.74) is 9.18. The highest BCUT2D eigenvalue weighted by atomic mass is 16.6. The van der Waals surface area contributed by atoms with E-state index in [0.29, 0.717) is 11.0 Å². The number of carbonyl (C=O) groups excluding carboxylic acids is 1. The molecule has 2 heterocycles. The summed E-state index contributed by atoms with van der Waals surface area (Å²) in [5, 5.41) is 15.5. The van der Waals surface area contributed by atoms with Crippen molar-refractivity contribution in [2.75, 3.05) is 0 Å². The Morgan fingerprint density at radius 2 is 1.88 bits per heavy atom. The van der Waals surface area contributed by atoms with Crippen molar-refractivity contribution >= 4 is 28.8 Å². The highest BCUT2D eigenvalue weighted by molar-refractivity contribution is 5.97. The summed E-state index contributed by atoms with van der Waals surface area (Å²) in [4.78, 5) is 22.8. The first-order valence-corrected chi connectivity index (χ1v) is 10.0. The highest BCUT2D eigenvalue weighted by Crippen LogP contribution is 2.25. The van der Waals surface area contributed by atoms with Crippen LogP contribution in [-0.2, 0) is 0 Å².